The third-order valence-electron chi connectivity index (χ3n) is 6.97. The van der Waals surface area contributed by atoms with E-state index in [1.54, 1.807) is 34.3 Å². The van der Waals surface area contributed by atoms with Crippen molar-refractivity contribution in [1.82, 2.24) is 9.47 Å². The predicted molar refractivity (Wildman–Crippen MR) is 130 cm³/mol. The number of para-hydroxylation sites is 2. The second kappa shape index (κ2) is 8.05. The van der Waals surface area contributed by atoms with Gasteiger partial charge in [-0.2, -0.15) is 0 Å². The van der Waals surface area contributed by atoms with Crippen molar-refractivity contribution in [3.8, 4) is 17.2 Å². The number of fused-ring (bicyclic) bond motifs is 4. The molecule has 0 radical (unpaired) electrons. The molecule has 1 saturated carbocycles. The molecule has 1 atom stereocenters. The average molecular weight is 482 g/mol. The van der Waals surface area contributed by atoms with Gasteiger partial charge < -0.3 is 23.4 Å². The molecule has 36 heavy (non-hydrogen) atoms. The highest BCUT2D eigenvalue weighted by atomic mass is 16.7. The summed E-state index contributed by atoms with van der Waals surface area (Å²) >= 11 is 0. The lowest BCUT2D eigenvalue weighted by molar-refractivity contribution is -0.120. The second-order valence-electron chi connectivity index (χ2n) is 9.21. The molecule has 3 aliphatic rings. The van der Waals surface area contributed by atoms with Gasteiger partial charge in [-0.25, -0.2) is 0 Å². The Morgan fingerprint density at radius 3 is 2.56 bits per heavy atom. The lowest BCUT2D eigenvalue weighted by Crippen LogP contribution is -2.47. The zero-order valence-corrected chi connectivity index (χ0v) is 19.4. The van der Waals surface area contributed by atoms with Crippen LogP contribution in [0.4, 0.5) is 5.69 Å². The van der Waals surface area contributed by atoms with Gasteiger partial charge in [-0.3, -0.25) is 14.5 Å². The highest BCUT2D eigenvalue weighted by molar-refractivity contribution is 6.03. The van der Waals surface area contributed by atoms with Crippen molar-refractivity contribution in [2.45, 2.75) is 24.9 Å². The van der Waals surface area contributed by atoms with E-state index in [1.165, 1.54) is 0 Å². The molecule has 0 saturated heterocycles. The van der Waals surface area contributed by atoms with Crippen LogP contribution in [0.3, 0.4) is 0 Å². The molecular formula is C28H23N3O5. The van der Waals surface area contributed by atoms with E-state index >= 15 is 0 Å². The first kappa shape index (κ1) is 20.9. The number of rotatable bonds is 5. The lowest BCUT2D eigenvalue weighted by atomic mass is 10.0. The quantitative estimate of drug-likeness (QED) is 0.418. The van der Waals surface area contributed by atoms with Crippen molar-refractivity contribution in [2.24, 2.45) is 0 Å². The number of hydrogen-bond donors (Lipinski definition) is 0. The molecule has 2 aromatic carbocycles. The molecule has 0 bridgehead atoms. The van der Waals surface area contributed by atoms with Gasteiger partial charge in [-0.1, -0.05) is 12.1 Å². The first-order valence-corrected chi connectivity index (χ1v) is 12.0. The number of carbonyl (C=O) groups excluding carboxylic acids is 2. The third-order valence-corrected chi connectivity index (χ3v) is 6.97. The number of aromatic nitrogens is 1. The SMILES string of the molecule is O=C(c1ccc2c(c1)OCO2)N(CC(=O)N1c2ccccc2-n2cccc2C1c1ccco1)C1CC1. The number of ether oxygens (including phenoxy) is 2. The molecule has 8 nitrogen and oxygen atoms in total. The standard InChI is InChI=1S/C28H23N3O5/c32-26(16-30(19-10-11-19)28(33)18-9-12-23-25(15-18)36-17-35-23)31-21-6-2-1-5-20(21)29-13-3-7-22(29)27(31)24-8-4-14-34-24/h1-9,12-15,19,27H,10-11,16-17H2. The van der Waals surface area contributed by atoms with Crippen LogP contribution < -0.4 is 14.4 Å². The first-order valence-electron chi connectivity index (χ1n) is 12.0. The van der Waals surface area contributed by atoms with Gasteiger partial charge in [0.2, 0.25) is 12.7 Å². The summed E-state index contributed by atoms with van der Waals surface area (Å²) in [4.78, 5) is 31.2. The van der Waals surface area contributed by atoms with E-state index in [2.05, 4.69) is 4.57 Å². The molecule has 2 amide bonds. The maximum Gasteiger partial charge on any atom is 0.254 e. The molecule has 0 N–H and O–H groups in total. The van der Waals surface area contributed by atoms with E-state index in [9.17, 15) is 9.59 Å². The average Bonchev–Trinajstić information content (AvgIpc) is 3.30. The summed E-state index contributed by atoms with van der Waals surface area (Å²) < 4.78 is 18.7. The molecule has 2 aromatic heterocycles. The molecule has 1 fully saturated rings. The van der Waals surface area contributed by atoms with Crippen LogP contribution >= 0.6 is 0 Å². The molecular weight excluding hydrogens is 458 g/mol. The molecule has 7 rings (SSSR count). The maximum absolute atomic E-state index is 14.1. The van der Waals surface area contributed by atoms with Gasteiger partial charge in [0.15, 0.2) is 11.5 Å². The van der Waals surface area contributed by atoms with Crippen molar-refractivity contribution in [3.05, 3.63) is 96.2 Å². The Balaban J connectivity index is 1.25. The first-order chi connectivity index (χ1) is 17.7. The van der Waals surface area contributed by atoms with Gasteiger partial charge in [0.1, 0.15) is 18.3 Å². The van der Waals surface area contributed by atoms with Gasteiger partial charge in [0.05, 0.1) is 23.3 Å². The van der Waals surface area contributed by atoms with E-state index < -0.39 is 6.04 Å². The smallest absolute Gasteiger partial charge is 0.254 e. The molecule has 0 spiro atoms. The second-order valence-corrected chi connectivity index (χ2v) is 9.21. The summed E-state index contributed by atoms with van der Waals surface area (Å²) in [5, 5.41) is 0. The largest absolute Gasteiger partial charge is 0.467 e. The fraction of sp³-hybridized carbons (Fsp3) is 0.214. The van der Waals surface area contributed by atoms with Crippen LogP contribution in [0.15, 0.2) is 83.6 Å². The van der Waals surface area contributed by atoms with Crippen molar-refractivity contribution < 1.29 is 23.5 Å². The van der Waals surface area contributed by atoms with Gasteiger partial charge in [0.25, 0.3) is 5.91 Å². The summed E-state index contributed by atoms with van der Waals surface area (Å²) in [5.74, 6) is 1.48. The normalized spacial score (nSPS) is 17.4. The molecule has 1 aliphatic carbocycles. The number of furan rings is 1. The van der Waals surface area contributed by atoms with Crippen molar-refractivity contribution in [1.29, 1.82) is 0 Å². The topological polar surface area (TPSA) is 77.2 Å². The molecule has 4 aromatic rings. The Morgan fingerprint density at radius 2 is 1.75 bits per heavy atom. The van der Waals surface area contributed by atoms with E-state index in [0.717, 1.165) is 29.9 Å². The Hall–Kier alpha value is -4.46. The van der Waals surface area contributed by atoms with Gasteiger partial charge >= 0.3 is 0 Å². The van der Waals surface area contributed by atoms with Crippen LogP contribution in [0.5, 0.6) is 11.5 Å². The van der Waals surface area contributed by atoms with Crippen molar-refractivity contribution >= 4 is 17.5 Å². The summed E-state index contributed by atoms with van der Waals surface area (Å²) in [7, 11) is 0. The molecule has 1 unspecified atom stereocenters. The Labute approximate surface area is 207 Å². The zero-order chi connectivity index (χ0) is 24.2. The Bertz CT molecular complexity index is 1470. The van der Waals surface area contributed by atoms with Crippen molar-refractivity contribution in [2.75, 3.05) is 18.2 Å². The van der Waals surface area contributed by atoms with Crippen LogP contribution in [-0.4, -0.2) is 40.7 Å². The monoisotopic (exact) mass is 481 g/mol. The number of benzene rings is 2. The number of amides is 2. The van der Waals surface area contributed by atoms with Crippen molar-refractivity contribution in [3.63, 3.8) is 0 Å². The molecule has 2 aliphatic heterocycles. The third kappa shape index (κ3) is 3.29. The minimum absolute atomic E-state index is 0.0375. The Kier molecular flexibility index (Phi) is 4.67. The van der Waals surface area contributed by atoms with Crippen LogP contribution in [0, 0.1) is 0 Å². The van der Waals surface area contributed by atoms with Gasteiger partial charge in [-0.15, -0.1) is 0 Å². The highest BCUT2D eigenvalue weighted by Crippen LogP contribution is 2.43. The van der Waals surface area contributed by atoms with E-state index in [-0.39, 0.29) is 31.2 Å². The Morgan fingerprint density at radius 1 is 0.917 bits per heavy atom. The fourth-order valence-corrected chi connectivity index (χ4v) is 5.15. The zero-order valence-electron chi connectivity index (χ0n) is 19.4. The summed E-state index contributed by atoms with van der Waals surface area (Å²) in [6.45, 7) is 0.103. The summed E-state index contributed by atoms with van der Waals surface area (Å²) in [6.07, 6.45) is 5.37. The van der Waals surface area contributed by atoms with E-state index in [1.807, 2.05) is 54.7 Å². The number of nitrogens with zero attached hydrogens (tertiary/aromatic N) is 3. The summed E-state index contributed by atoms with van der Waals surface area (Å²) in [6, 6.07) is 20.2. The minimum Gasteiger partial charge on any atom is -0.467 e. The number of anilines is 1. The van der Waals surface area contributed by atoms with Gasteiger partial charge in [0, 0.05) is 17.8 Å². The van der Waals surface area contributed by atoms with Crippen LogP contribution in [-0.2, 0) is 4.79 Å². The molecule has 8 heteroatoms. The fourth-order valence-electron chi connectivity index (χ4n) is 5.15. The number of carbonyl (C=O) groups is 2. The van der Waals surface area contributed by atoms with Gasteiger partial charge in [-0.05, 0) is 67.4 Å². The molecule has 180 valence electrons. The van der Waals surface area contributed by atoms with E-state index in [4.69, 9.17) is 13.9 Å². The van der Waals surface area contributed by atoms with Crippen LogP contribution in [0.2, 0.25) is 0 Å². The predicted octanol–water partition coefficient (Wildman–Crippen LogP) is 4.54. The summed E-state index contributed by atoms with van der Waals surface area (Å²) in [5.41, 5.74) is 3.10. The minimum atomic E-state index is -0.445. The van der Waals surface area contributed by atoms with E-state index in [0.29, 0.717) is 22.8 Å². The van der Waals surface area contributed by atoms with Crippen LogP contribution in [0.1, 0.15) is 40.7 Å². The lowest BCUT2D eigenvalue weighted by Gasteiger charge is -2.38. The highest BCUT2D eigenvalue weighted by Gasteiger charge is 2.41. The van der Waals surface area contributed by atoms with Crippen LogP contribution in [0.25, 0.3) is 5.69 Å². The number of hydrogen-bond acceptors (Lipinski definition) is 5. The maximum atomic E-state index is 14.1. The molecule has 4 heterocycles.